The van der Waals surface area contributed by atoms with Crippen LogP contribution in [0.3, 0.4) is 0 Å². The van der Waals surface area contributed by atoms with Gasteiger partial charge in [0.25, 0.3) is 0 Å². The van der Waals surface area contributed by atoms with Crippen LogP contribution in [0.15, 0.2) is 36.4 Å². The second-order valence-corrected chi connectivity index (χ2v) is 9.50. The van der Waals surface area contributed by atoms with E-state index in [0.717, 1.165) is 22.4 Å². The van der Waals surface area contributed by atoms with Gasteiger partial charge in [0.05, 0.1) is 18.4 Å². The van der Waals surface area contributed by atoms with Gasteiger partial charge in [0.1, 0.15) is 11.4 Å². The van der Waals surface area contributed by atoms with Crippen LogP contribution in [-0.2, 0) is 26.5 Å². The molecule has 0 saturated carbocycles. The number of imide groups is 1. The molecule has 0 unspecified atom stereocenters. The van der Waals surface area contributed by atoms with Gasteiger partial charge in [0.2, 0.25) is 17.7 Å². The van der Waals surface area contributed by atoms with E-state index >= 15 is 0 Å². The number of amides is 3. The fraction of sp³-hybridized carbons (Fsp3) is 0.400. The summed E-state index contributed by atoms with van der Waals surface area (Å²) < 4.78 is 13.3. The molecule has 3 heterocycles. The Morgan fingerprint density at radius 3 is 2.38 bits per heavy atom. The summed E-state index contributed by atoms with van der Waals surface area (Å²) in [6, 6.07) is 9.28. The summed E-state index contributed by atoms with van der Waals surface area (Å²) in [6.45, 7) is 7.96. The van der Waals surface area contributed by atoms with Crippen molar-refractivity contribution >= 4 is 23.4 Å². The Kier molecular flexibility index (Phi) is 4.53. The van der Waals surface area contributed by atoms with Gasteiger partial charge in [-0.2, -0.15) is 0 Å². The molecule has 6 nitrogen and oxygen atoms in total. The zero-order chi connectivity index (χ0) is 22.9. The minimum atomic E-state index is -1.28. The molecule has 7 heteroatoms. The number of benzene rings is 2. The molecular formula is C25H26FN3O3. The predicted molar refractivity (Wildman–Crippen MR) is 117 cm³/mol. The molecule has 2 aromatic rings. The number of halogens is 1. The Balaban J connectivity index is 1.62. The number of fused-ring (bicyclic) bond motifs is 4. The van der Waals surface area contributed by atoms with Crippen LogP contribution in [-0.4, -0.2) is 28.7 Å². The summed E-state index contributed by atoms with van der Waals surface area (Å²) in [5.41, 5.74) is 2.84. The van der Waals surface area contributed by atoms with Crippen molar-refractivity contribution in [3.8, 4) is 0 Å². The molecule has 32 heavy (non-hydrogen) atoms. The highest BCUT2D eigenvalue weighted by atomic mass is 19.1. The first-order valence-electron chi connectivity index (χ1n) is 11.0. The molecule has 2 aromatic carbocycles. The lowest BCUT2D eigenvalue weighted by atomic mass is 9.75. The molecule has 3 aliphatic rings. The van der Waals surface area contributed by atoms with E-state index in [4.69, 9.17) is 0 Å². The quantitative estimate of drug-likeness (QED) is 0.727. The largest absolute Gasteiger partial charge is 0.324 e. The summed E-state index contributed by atoms with van der Waals surface area (Å²) in [7, 11) is 0. The van der Waals surface area contributed by atoms with Crippen LogP contribution in [0, 0.1) is 37.4 Å². The third kappa shape index (κ3) is 2.64. The molecule has 0 aromatic heterocycles. The molecule has 1 spiro atoms. The van der Waals surface area contributed by atoms with Crippen LogP contribution >= 0.6 is 0 Å². The summed E-state index contributed by atoms with van der Waals surface area (Å²) in [5.74, 6) is -2.74. The zero-order valence-electron chi connectivity index (χ0n) is 18.5. The number of hydrogen-bond acceptors (Lipinski definition) is 4. The van der Waals surface area contributed by atoms with E-state index in [1.807, 2.05) is 39.8 Å². The van der Waals surface area contributed by atoms with Crippen LogP contribution in [0.25, 0.3) is 0 Å². The molecule has 2 fully saturated rings. The molecular weight excluding hydrogens is 409 g/mol. The van der Waals surface area contributed by atoms with Gasteiger partial charge in [0.15, 0.2) is 0 Å². The normalized spacial score (nSPS) is 28.6. The summed E-state index contributed by atoms with van der Waals surface area (Å²) in [6.07, 6.45) is 0. The Morgan fingerprint density at radius 2 is 1.72 bits per heavy atom. The molecule has 166 valence electrons. The molecule has 3 amide bonds. The molecule has 0 radical (unpaired) electrons. The molecule has 0 bridgehead atoms. The summed E-state index contributed by atoms with van der Waals surface area (Å²) in [5, 5.41) is 6.44. The second-order valence-electron chi connectivity index (χ2n) is 9.50. The lowest BCUT2D eigenvalue weighted by molar-refractivity contribution is -0.143. The molecule has 0 aliphatic carbocycles. The summed E-state index contributed by atoms with van der Waals surface area (Å²) >= 11 is 0. The number of nitrogens with zero attached hydrogens (tertiary/aromatic N) is 1. The first kappa shape index (κ1) is 20.8. The van der Waals surface area contributed by atoms with Crippen molar-refractivity contribution in [2.24, 2.45) is 17.8 Å². The maximum atomic E-state index is 13.7. The molecule has 4 atom stereocenters. The minimum Gasteiger partial charge on any atom is -0.324 e. The number of hydrogen-bond donors (Lipinski definition) is 2. The lowest BCUT2D eigenvalue weighted by Gasteiger charge is -2.30. The van der Waals surface area contributed by atoms with Crippen molar-refractivity contribution in [1.82, 2.24) is 10.2 Å². The van der Waals surface area contributed by atoms with Crippen molar-refractivity contribution in [2.75, 3.05) is 5.32 Å². The van der Waals surface area contributed by atoms with Crippen molar-refractivity contribution in [1.29, 1.82) is 0 Å². The number of anilines is 1. The average Bonchev–Trinajstić information content (AvgIpc) is 3.34. The van der Waals surface area contributed by atoms with Gasteiger partial charge in [-0.3, -0.25) is 24.6 Å². The first-order chi connectivity index (χ1) is 15.2. The van der Waals surface area contributed by atoms with Crippen molar-refractivity contribution in [3.63, 3.8) is 0 Å². The second kappa shape index (κ2) is 6.97. The fourth-order valence-electron chi connectivity index (χ4n) is 5.61. The van der Waals surface area contributed by atoms with E-state index < -0.39 is 17.4 Å². The van der Waals surface area contributed by atoms with Crippen LogP contribution < -0.4 is 10.6 Å². The summed E-state index contributed by atoms with van der Waals surface area (Å²) in [4.78, 5) is 42.0. The number of carbonyl (C=O) groups is 3. The number of rotatable bonds is 3. The minimum absolute atomic E-state index is 0.0350. The van der Waals surface area contributed by atoms with Gasteiger partial charge in [-0.1, -0.05) is 38.1 Å². The van der Waals surface area contributed by atoms with Gasteiger partial charge in [0, 0.05) is 17.3 Å². The number of carbonyl (C=O) groups excluding carboxylic acids is 3. The Hall–Kier alpha value is -3.06. The van der Waals surface area contributed by atoms with Gasteiger partial charge < -0.3 is 5.32 Å². The number of nitrogens with one attached hydrogen (secondary N) is 2. The predicted octanol–water partition coefficient (Wildman–Crippen LogP) is 3.02. The van der Waals surface area contributed by atoms with Crippen molar-refractivity contribution in [2.45, 2.75) is 45.8 Å². The molecule has 3 aliphatic heterocycles. The Morgan fingerprint density at radius 1 is 1.03 bits per heavy atom. The molecule has 2 saturated heterocycles. The van der Waals surface area contributed by atoms with Crippen LogP contribution in [0.4, 0.5) is 10.1 Å². The van der Waals surface area contributed by atoms with E-state index in [9.17, 15) is 18.8 Å². The monoisotopic (exact) mass is 435 g/mol. The van der Waals surface area contributed by atoms with E-state index in [2.05, 4.69) is 10.6 Å². The maximum Gasteiger partial charge on any atom is 0.250 e. The SMILES string of the molecule is Cc1ccc2c(c1C)NC(=O)[C@]21N[C@H](C(C)C)[C@H]2C(=O)N(Cc3ccc(F)cc3)C(=O)[C@H]21. The topological polar surface area (TPSA) is 78.5 Å². The number of likely N-dealkylation sites (tertiary alicyclic amines) is 1. The Labute approximate surface area is 186 Å². The van der Waals surface area contributed by atoms with E-state index in [-0.39, 0.29) is 42.0 Å². The van der Waals surface area contributed by atoms with E-state index in [1.165, 1.54) is 17.0 Å². The fourth-order valence-corrected chi connectivity index (χ4v) is 5.61. The van der Waals surface area contributed by atoms with Crippen molar-refractivity contribution in [3.05, 3.63) is 64.5 Å². The maximum absolute atomic E-state index is 13.7. The smallest absolute Gasteiger partial charge is 0.250 e. The van der Waals surface area contributed by atoms with Gasteiger partial charge in [-0.15, -0.1) is 0 Å². The zero-order valence-corrected chi connectivity index (χ0v) is 18.5. The third-order valence-corrected chi connectivity index (χ3v) is 7.42. The number of aryl methyl sites for hydroxylation is 1. The van der Waals surface area contributed by atoms with Crippen LogP contribution in [0.2, 0.25) is 0 Å². The standard InChI is InChI=1S/C25H26FN3O3/c1-12(2)20-18-19(23(31)29(22(18)30)11-15-6-8-16(26)9-7-15)25(28-20)17-10-5-13(3)14(4)21(17)27-24(25)32/h5-10,12,18-20,28H,11H2,1-4H3,(H,27,32)/t18-,19-,20+,25-/m0/s1. The van der Waals surface area contributed by atoms with E-state index in [0.29, 0.717) is 5.56 Å². The highest BCUT2D eigenvalue weighted by Crippen LogP contribution is 2.54. The molecule has 2 N–H and O–H groups in total. The highest BCUT2D eigenvalue weighted by Gasteiger charge is 2.70. The third-order valence-electron chi connectivity index (χ3n) is 7.42. The average molecular weight is 435 g/mol. The molecule has 5 rings (SSSR count). The van der Waals surface area contributed by atoms with Crippen molar-refractivity contribution < 1.29 is 18.8 Å². The van der Waals surface area contributed by atoms with E-state index in [1.54, 1.807) is 12.1 Å². The van der Waals surface area contributed by atoms with Gasteiger partial charge in [-0.25, -0.2) is 4.39 Å². The Bertz CT molecular complexity index is 1160. The van der Waals surface area contributed by atoms with Gasteiger partial charge in [-0.05, 0) is 48.6 Å². The lowest BCUT2D eigenvalue weighted by Crippen LogP contribution is -2.53. The van der Waals surface area contributed by atoms with Crippen LogP contribution in [0.1, 0.15) is 36.1 Å². The first-order valence-corrected chi connectivity index (χ1v) is 11.0. The van der Waals surface area contributed by atoms with Gasteiger partial charge >= 0.3 is 0 Å². The van der Waals surface area contributed by atoms with Crippen LogP contribution in [0.5, 0.6) is 0 Å². The highest BCUT2D eigenvalue weighted by molar-refractivity contribution is 6.15.